The van der Waals surface area contributed by atoms with Gasteiger partial charge in [0.1, 0.15) is 5.75 Å². The van der Waals surface area contributed by atoms with Crippen molar-refractivity contribution in [3.63, 3.8) is 0 Å². The summed E-state index contributed by atoms with van der Waals surface area (Å²) in [6, 6.07) is 14.3. The van der Waals surface area contributed by atoms with Crippen LogP contribution in [0.2, 0.25) is 0 Å². The summed E-state index contributed by atoms with van der Waals surface area (Å²) in [5, 5.41) is 3.44. The number of likely N-dealkylation sites (N-methyl/N-ethyl adjacent to an activating group) is 1. The maximum atomic E-state index is 5.70. The molecule has 0 saturated carbocycles. The monoisotopic (exact) mass is 541 g/mol. The fourth-order valence-electron chi connectivity index (χ4n) is 3.15. The van der Waals surface area contributed by atoms with E-state index in [2.05, 4.69) is 33.4 Å². The zero-order valence-electron chi connectivity index (χ0n) is 19.5. The molecule has 0 aromatic heterocycles. The van der Waals surface area contributed by atoms with Gasteiger partial charge in [-0.05, 0) is 62.1 Å². The van der Waals surface area contributed by atoms with Crippen LogP contribution in [0, 0.1) is 0 Å². The van der Waals surface area contributed by atoms with E-state index in [1.165, 1.54) is 11.1 Å². The van der Waals surface area contributed by atoms with Gasteiger partial charge in [0.2, 0.25) is 0 Å². The smallest absolute Gasteiger partial charge is 0.193 e. The molecule has 0 aliphatic heterocycles. The van der Waals surface area contributed by atoms with E-state index in [1.807, 2.05) is 52.2 Å². The summed E-state index contributed by atoms with van der Waals surface area (Å²) in [5.41, 5.74) is 2.46. The van der Waals surface area contributed by atoms with Crippen LogP contribution in [0.25, 0.3) is 0 Å². The highest BCUT2D eigenvalue weighted by molar-refractivity contribution is 14.0. The van der Waals surface area contributed by atoms with E-state index in [-0.39, 0.29) is 30.1 Å². The van der Waals surface area contributed by atoms with E-state index < -0.39 is 0 Å². The number of nitrogens with one attached hydrogen (secondary N) is 1. The number of hydrogen-bond donors (Lipinski definition) is 1. The van der Waals surface area contributed by atoms with Gasteiger partial charge in [-0.3, -0.25) is 4.99 Å². The van der Waals surface area contributed by atoms with Crippen molar-refractivity contribution in [1.29, 1.82) is 0 Å². The first-order valence-corrected chi connectivity index (χ1v) is 10.3. The van der Waals surface area contributed by atoms with Crippen LogP contribution < -0.4 is 19.5 Å². The first kappa shape index (κ1) is 26.9. The molecule has 0 saturated heterocycles. The quantitative estimate of drug-likeness (QED) is 0.275. The first-order valence-electron chi connectivity index (χ1n) is 10.3. The number of hydrogen-bond acceptors (Lipinski definition) is 4. The van der Waals surface area contributed by atoms with E-state index in [1.54, 1.807) is 14.2 Å². The van der Waals surface area contributed by atoms with Crippen molar-refractivity contribution in [3.05, 3.63) is 53.6 Å². The SMILES string of the molecule is CN=C(NCCc1ccc(OC(C)C)cc1)N(C)CCc1ccc(OC)c(OC)c1.I. The van der Waals surface area contributed by atoms with Crippen molar-refractivity contribution in [2.24, 2.45) is 4.99 Å². The Balaban J connectivity index is 0.00000480. The molecule has 0 unspecified atom stereocenters. The van der Waals surface area contributed by atoms with E-state index in [9.17, 15) is 0 Å². The third-order valence-electron chi connectivity index (χ3n) is 4.75. The molecular formula is C24H36IN3O3. The Bertz CT molecular complexity index is 810. The van der Waals surface area contributed by atoms with Gasteiger partial charge in [-0.15, -0.1) is 24.0 Å². The maximum Gasteiger partial charge on any atom is 0.193 e. The Morgan fingerprint density at radius 3 is 2.19 bits per heavy atom. The van der Waals surface area contributed by atoms with Gasteiger partial charge in [0.25, 0.3) is 0 Å². The topological polar surface area (TPSA) is 55.3 Å². The van der Waals surface area contributed by atoms with E-state index in [4.69, 9.17) is 14.2 Å². The second-order valence-electron chi connectivity index (χ2n) is 7.40. The molecule has 2 rings (SSSR count). The molecule has 0 bridgehead atoms. The average Bonchev–Trinajstić information content (AvgIpc) is 2.75. The lowest BCUT2D eigenvalue weighted by Crippen LogP contribution is -2.40. The van der Waals surface area contributed by atoms with Crippen molar-refractivity contribution < 1.29 is 14.2 Å². The highest BCUT2D eigenvalue weighted by Crippen LogP contribution is 2.27. The maximum absolute atomic E-state index is 5.70. The molecule has 6 nitrogen and oxygen atoms in total. The summed E-state index contributed by atoms with van der Waals surface area (Å²) in [4.78, 5) is 6.54. The lowest BCUT2D eigenvalue weighted by Gasteiger charge is -2.22. The number of aliphatic imine (C=N–C) groups is 1. The predicted octanol–water partition coefficient (Wildman–Crippen LogP) is 4.40. The molecule has 31 heavy (non-hydrogen) atoms. The third kappa shape index (κ3) is 8.85. The summed E-state index contributed by atoms with van der Waals surface area (Å²) >= 11 is 0. The molecule has 7 heteroatoms. The van der Waals surface area contributed by atoms with Crippen LogP contribution in [-0.2, 0) is 12.8 Å². The van der Waals surface area contributed by atoms with Crippen LogP contribution in [0.1, 0.15) is 25.0 Å². The predicted molar refractivity (Wildman–Crippen MR) is 139 cm³/mol. The molecule has 0 amide bonds. The number of nitrogens with zero attached hydrogens (tertiary/aromatic N) is 2. The summed E-state index contributed by atoms with van der Waals surface area (Å²) in [6.07, 6.45) is 2.00. The molecule has 0 fully saturated rings. The Hall–Kier alpha value is -2.16. The largest absolute Gasteiger partial charge is 0.493 e. The summed E-state index contributed by atoms with van der Waals surface area (Å²) in [6.45, 7) is 5.73. The normalized spacial score (nSPS) is 11.0. The van der Waals surface area contributed by atoms with Crippen LogP contribution in [0.5, 0.6) is 17.2 Å². The summed E-state index contributed by atoms with van der Waals surface area (Å²) in [7, 11) is 7.17. The number of methoxy groups -OCH3 is 2. The first-order chi connectivity index (χ1) is 14.5. The van der Waals surface area contributed by atoms with Gasteiger partial charge in [-0.25, -0.2) is 0 Å². The Labute approximate surface area is 204 Å². The third-order valence-corrected chi connectivity index (χ3v) is 4.75. The molecule has 172 valence electrons. The van der Waals surface area contributed by atoms with Crippen LogP contribution in [-0.4, -0.2) is 58.4 Å². The Morgan fingerprint density at radius 1 is 0.968 bits per heavy atom. The van der Waals surface area contributed by atoms with Gasteiger partial charge in [0.15, 0.2) is 17.5 Å². The number of benzene rings is 2. The minimum Gasteiger partial charge on any atom is -0.493 e. The van der Waals surface area contributed by atoms with Crippen LogP contribution in [0.4, 0.5) is 0 Å². The molecule has 0 atom stereocenters. The molecule has 2 aromatic carbocycles. The number of rotatable bonds is 10. The van der Waals surface area contributed by atoms with Gasteiger partial charge in [-0.2, -0.15) is 0 Å². The van der Waals surface area contributed by atoms with Crippen LogP contribution >= 0.6 is 24.0 Å². The van der Waals surface area contributed by atoms with Crippen LogP contribution in [0.15, 0.2) is 47.5 Å². The fourth-order valence-corrected chi connectivity index (χ4v) is 3.15. The van der Waals surface area contributed by atoms with Gasteiger partial charge in [0.05, 0.1) is 20.3 Å². The molecule has 1 N–H and O–H groups in total. The van der Waals surface area contributed by atoms with E-state index in [0.29, 0.717) is 0 Å². The highest BCUT2D eigenvalue weighted by Gasteiger charge is 2.08. The van der Waals surface area contributed by atoms with Gasteiger partial charge < -0.3 is 24.4 Å². The van der Waals surface area contributed by atoms with Crippen molar-refractivity contribution in [3.8, 4) is 17.2 Å². The van der Waals surface area contributed by atoms with Crippen molar-refractivity contribution in [1.82, 2.24) is 10.2 Å². The highest BCUT2D eigenvalue weighted by atomic mass is 127. The summed E-state index contributed by atoms with van der Waals surface area (Å²) in [5.74, 6) is 3.29. The number of ether oxygens (including phenoxy) is 3. The van der Waals surface area contributed by atoms with Crippen molar-refractivity contribution >= 4 is 29.9 Å². The Kier molecular flexibility index (Phi) is 12.1. The molecule has 0 spiro atoms. The Morgan fingerprint density at radius 2 is 1.61 bits per heavy atom. The minimum atomic E-state index is 0. The minimum absolute atomic E-state index is 0. The molecule has 0 aliphatic carbocycles. The zero-order chi connectivity index (χ0) is 21.9. The van der Waals surface area contributed by atoms with Gasteiger partial charge in [-0.1, -0.05) is 18.2 Å². The summed E-state index contributed by atoms with van der Waals surface area (Å²) < 4.78 is 16.4. The van der Waals surface area contributed by atoms with Gasteiger partial charge >= 0.3 is 0 Å². The van der Waals surface area contributed by atoms with Crippen LogP contribution in [0.3, 0.4) is 0 Å². The zero-order valence-corrected chi connectivity index (χ0v) is 21.8. The second kappa shape index (κ2) is 14.0. The number of halogens is 1. The van der Waals surface area contributed by atoms with Crippen molar-refractivity contribution in [2.75, 3.05) is 41.4 Å². The van der Waals surface area contributed by atoms with Gasteiger partial charge in [0, 0.05) is 27.2 Å². The van der Waals surface area contributed by atoms with Crippen molar-refractivity contribution in [2.45, 2.75) is 32.8 Å². The lowest BCUT2D eigenvalue weighted by molar-refractivity contribution is 0.242. The fraction of sp³-hybridized carbons (Fsp3) is 0.458. The molecule has 0 radical (unpaired) electrons. The number of guanidine groups is 1. The second-order valence-corrected chi connectivity index (χ2v) is 7.40. The molecule has 2 aromatic rings. The molecule has 0 aliphatic rings. The lowest BCUT2D eigenvalue weighted by atomic mass is 10.1. The molecular weight excluding hydrogens is 505 g/mol. The average molecular weight is 541 g/mol. The standard InChI is InChI=1S/C24H35N3O3.HI/c1-18(2)30-21-10-7-19(8-11-21)13-15-26-24(25-3)27(4)16-14-20-9-12-22(28-5)23(17-20)29-6;/h7-12,17-18H,13-16H2,1-6H3,(H,25,26);1H. The van der Waals surface area contributed by atoms with E-state index in [0.717, 1.165) is 49.1 Å². The molecule has 0 heterocycles. The van der Waals surface area contributed by atoms with E-state index >= 15 is 0 Å².